The summed E-state index contributed by atoms with van der Waals surface area (Å²) < 4.78 is 0. The van der Waals surface area contributed by atoms with Crippen LogP contribution in [0.1, 0.15) is 22.8 Å². The molecule has 166 valence electrons. The van der Waals surface area contributed by atoms with Gasteiger partial charge in [-0.05, 0) is 42.4 Å². The average Bonchev–Trinajstić information content (AvgIpc) is 3.54. The predicted octanol–water partition coefficient (Wildman–Crippen LogP) is 3.82. The number of hydrogen-bond acceptors (Lipinski definition) is 6. The van der Waals surface area contributed by atoms with Crippen LogP contribution < -0.4 is 9.77 Å². The van der Waals surface area contributed by atoms with Gasteiger partial charge in [0.2, 0.25) is 11.8 Å². The summed E-state index contributed by atoms with van der Waals surface area (Å²) in [5.74, 6) is -0.602. The van der Waals surface area contributed by atoms with Crippen LogP contribution in [0.3, 0.4) is 0 Å². The number of imide groups is 1. The van der Waals surface area contributed by atoms with E-state index in [2.05, 4.69) is 4.98 Å². The van der Waals surface area contributed by atoms with Crippen LogP contribution in [-0.2, 0) is 9.59 Å². The topological polar surface area (TPSA) is 90.5 Å². The minimum absolute atomic E-state index is 0.0395. The van der Waals surface area contributed by atoms with Gasteiger partial charge in [0, 0.05) is 21.6 Å². The molecule has 2 amide bonds. The van der Waals surface area contributed by atoms with Gasteiger partial charge in [0.1, 0.15) is 5.75 Å². The molecule has 1 saturated heterocycles. The summed E-state index contributed by atoms with van der Waals surface area (Å²) in [6.07, 6.45) is 0.834. The lowest BCUT2D eigenvalue weighted by molar-refractivity contribution is -0.123. The molecule has 2 saturated carbocycles. The first-order chi connectivity index (χ1) is 16.0. The van der Waals surface area contributed by atoms with E-state index in [0.717, 1.165) is 21.9 Å². The molecular weight excluding hydrogens is 456 g/mol. The number of anilines is 1. The van der Waals surface area contributed by atoms with E-state index >= 15 is 0 Å². The second-order valence-electron chi connectivity index (χ2n) is 9.37. The minimum Gasteiger partial charge on any atom is -0.508 e. The highest BCUT2D eigenvalue weighted by Crippen LogP contribution is 2.69. The van der Waals surface area contributed by atoms with Crippen molar-refractivity contribution in [3.05, 3.63) is 74.7 Å². The number of H-pyrrole nitrogens is 1. The fraction of sp³-hybridized carbons (Fsp3) is 0.320. The summed E-state index contributed by atoms with van der Waals surface area (Å²) >= 11 is 2.85. The van der Waals surface area contributed by atoms with Crippen LogP contribution in [0.15, 0.2) is 64.4 Å². The molecule has 2 aromatic carbocycles. The number of aromatic amines is 1. The summed E-state index contributed by atoms with van der Waals surface area (Å²) in [5, 5.41) is 11.7. The molecule has 0 unspecified atom stereocenters. The fourth-order valence-corrected chi connectivity index (χ4v) is 9.83. The fourth-order valence-electron chi connectivity index (χ4n) is 6.95. The van der Waals surface area contributed by atoms with E-state index in [9.17, 15) is 19.5 Å². The van der Waals surface area contributed by atoms with E-state index in [0.29, 0.717) is 5.69 Å². The zero-order valence-electron chi connectivity index (χ0n) is 17.4. The number of thiazole rings is 1. The maximum Gasteiger partial charge on any atom is 0.305 e. The molecule has 2 aliphatic carbocycles. The Bertz CT molecular complexity index is 1370. The third-order valence-electron chi connectivity index (χ3n) is 8.01. The SMILES string of the molecule is O=C1[C@@H]2[C@H]3C[C@@H]([C@@H]2C(=O)N1c1ccccc1)[C@@H]1[C@H](c2ccccc2O)c2sc(=O)[nH]c2S[C@@H]31. The number of phenolic OH excluding ortho intramolecular Hbond substituents is 1. The van der Waals surface area contributed by atoms with Crippen molar-refractivity contribution < 1.29 is 14.7 Å². The van der Waals surface area contributed by atoms with Crippen LogP contribution in [0.2, 0.25) is 0 Å². The number of para-hydroxylation sites is 2. The highest BCUT2D eigenvalue weighted by atomic mass is 32.2. The Morgan fingerprint density at radius 3 is 2.36 bits per heavy atom. The normalized spacial score (nSPS) is 33.8. The van der Waals surface area contributed by atoms with E-state index in [1.165, 1.54) is 16.2 Å². The number of nitrogens with one attached hydrogen (secondary N) is 1. The molecule has 8 heteroatoms. The van der Waals surface area contributed by atoms with Crippen molar-refractivity contribution in [2.45, 2.75) is 22.6 Å². The van der Waals surface area contributed by atoms with Crippen molar-refractivity contribution >= 4 is 40.6 Å². The number of rotatable bonds is 2. The van der Waals surface area contributed by atoms with Crippen molar-refractivity contribution in [3.8, 4) is 5.75 Å². The van der Waals surface area contributed by atoms with Gasteiger partial charge in [-0.25, -0.2) is 0 Å². The smallest absolute Gasteiger partial charge is 0.305 e. The summed E-state index contributed by atoms with van der Waals surface area (Å²) in [6, 6.07) is 16.5. The quantitative estimate of drug-likeness (QED) is 0.549. The Balaban J connectivity index is 1.36. The van der Waals surface area contributed by atoms with Gasteiger partial charge < -0.3 is 10.1 Å². The molecule has 33 heavy (non-hydrogen) atoms. The lowest BCUT2D eigenvalue weighted by Crippen LogP contribution is -2.42. The van der Waals surface area contributed by atoms with Gasteiger partial charge in [0.25, 0.3) is 0 Å². The molecule has 2 N–H and O–H groups in total. The zero-order valence-corrected chi connectivity index (χ0v) is 19.0. The van der Waals surface area contributed by atoms with Gasteiger partial charge in [-0.3, -0.25) is 19.3 Å². The number of hydrogen-bond donors (Lipinski definition) is 2. The maximum absolute atomic E-state index is 13.6. The molecule has 7 atom stereocenters. The number of benzene rings is 2. The standard InChI is InChI=1S/C25H20N2O4S2/c28-15-9-5-4-8-12(15)16-17-13-10-14(20(17)32-22-21(16)33-25(31)26-22)19-18(13)23(29)27(24(19)30)11-6-2-1-3-7-11/h1-9,13-14,16-20,28H,10H2,(H,26,31)/t13-,14-,16+,17-,18+,19-,20+/m1/s1. The maximum atomic E-state index is 13.6. The van der Waals surface area contributed by atoms with Gasteiger partial charge in [-0.2, -0.15) is 0 Å². The van der Waals surface area contributed by atoms with Crippen molar-refractivity contribution in [2.75, 3.05) is 4.90 Å². The van der Waals surface area contributed by atoms with Crippen LogP contribution in [0.4, 0.5) is 5.69 Å². The Morgan fingerprint density at radius 2 is 1.61 bits per heavy atom. The van der Waals surface area contributed by atoms with Crippen molar-refractivity contribution in [2.24, 2.45) is 29.6 Å². The first kappa shape index (κ1) is 19.6. The Hall–Kier alpha value is -2.84. The van der Waals surface area contributed by atoms with Crippen LogP contribution in [-0.4, -0.2) is 27.2 Å². The molecule has 6 nitrogen and oxygen atoms in total. The van der Waals surface area contributed by atoms with Crippen LogP contribution >= 0.6 is 23.1 Å². The number of carbonyl (C=O) groups excluding carboxylic acids is 2. The number of aromatic hydroxyl groups is 1. The molecule has 0 radical (unpaired) electrons. The van der Waals surface area contributed by atoms with Crippen molar-refractivity contribution in [3.63, 3.8) is 0 Å². The molecule has 7 rings (SSSR count). The average molecular weight is 477 g/mol. The minimum atomic E-state index is -0.338. The number of aromatic nitrogens is 1. The van der Waals surface area contributed by atoms with E-state index < -0.39 is 0 Å². The van der Waals surface area contributed by atoms with Crippen molar-refractivity contribution in [1.29, 1.82) is 0 Å². The van der Waals surface area contributed by atoms with Gasteiger partial charge >= 0.3 is 4.87 Å². The number of fused-ring (bicyclic) bond motifs is 9. The Labute approximate surface area is 197 Å². The Morgan fingerprint density at radius 1 is 0.909 bits per heavy atom. The van der Waals surface area contributed by atoms with Crippen LogP contribution in [0.25, 0.3) is 0 Å². The molecule has 3 fully saturated rings. The molecule has 3 aromatic rings. The summed E-state index contributed by atoms with van der Waals surface area (Å²) in [5.41, 5.74) is 1.43. The molecule has 2 aliphatic heterocycles. The van der Waals surface area contributed by atoms with E-state index in [1.54, 1.807) is 23.9 Å². The van der Waals surface area contributed by atoms with Crippen LogP contribution in [0.5, 0.6) is 5.75 Å². The second kappa shape index (κ2) is 6.84. The molecule has 3 heterocycles. The van der Waals surface area contributed by atoms with Gasteiger partial charge in [-0.15, -0.1) is 11.8 Å². The highest BCUT2D eigenvalue weighted by Gasteiger charge is 2.69. The number of carbonyl (C=O) groups is 2. The zero-order chi connectivity index (χ0) is 22.4. The highest BCUT2D eigenvalue weighted by molar-refractivity contribution is 8.00. The lowest BCUT2D eigenvalue weighted by Gasteiger charge is -2.43. The molecule has 1 aromatic heterocycles. The molecule has 0 spiro atoms. The third kappa shape index (κ3) is 2.53. The lowest BCUT2D eigenvalue weighted by atomic mass is 9.68. The molecular formula is C25H20N2O4S2. The van der Waals surface area contributed by atoms with Gasteiger partial charge in [0.15, 0.2) is 0 Å². The summed E-state index contributed by atoms with van der Waals surface area (Å²) in [6.45, 7) is 0. The number of amides is 2. The van der Waals surface area contributed by atoms with Gasteiger partial charge in [0.05, 0.1) is 22.5 Å². The monoisotopic (exact) mass is 476 g/mol. The summed E-state index contributed by atoms with van der Waals surface area (Å²) in [7, 11) is 0. The number of thioether (sulfide) groups is 1. The van der Waals surface area contributed by atoms with Gasteiger partial charge in [-0.1, -0.05) is 47.7 Å². The predicted molar refractivity (Wildman–Crippen MR) is 126 cm³/mol. The van der Waals surface area contributed by atoms with Crippen molar-refractivity contribution in [1.82, 2.24) is 4.98 Å². The summed E-state index contributed by atoms with van der Waals surface area (Å²) in [4.78, 5) is 44.6. The van der Waals surface area contributed by atoms with Crippen LogP contribution in [0, 0.1) is 29.6 Å². The van der Waals surface area contributed by atoms with E-state index in [-0.39, 0.29) is 63.2 Å². The van der Waals surface area contributed by atoms with E-state index in [1.807, 2.05) is 42.5 Å². The first-order valence-corrected chi connectivity index (χ1v) is 12.8. The largest absolute Gasteiger partial charge is 0.508 e. The number of phenols is 1. The van der Waals surface area contributed by atoms with E-state index in [4.69, 9.17) is 0 Å². The number of nitrogens with zero attached hydrogens (tertiary/aromatic N) is 1. The second-order valence-corrected chi connectivity index (χ2v) is 11.6. The molecule has 4 aliphatic rings. The Kier molecular flexibility index (Phi) is 4.06. The molecule has 2 bridgehead atoms. The first-order valence-electron chi connectivity index (χ1n) is 11.1. The third-order valence-corrected chi connectivity index (χ3v) is 10.6.